The molecule has 5 heteroatoms. The van der Waals surface area contributed by atoms with Gasteiger partial charge in [0.2, 0.25) is 0 Å². The molecule has 0 radical (unpaired) electrons. The van der Waals surface area contributed by atoms with Crippen molar-refractivity contribution in [2.45, 2.75) is 20.0 Å². The van der Waals surface area contributed by atoms with Crippen molar-refractivity contribution < 1.29 is 0 Å². The maximum atomic E-state index is 4.49. The van der Waals surface area contributed by atoms with Crippen molar-refractivity contribution in [3.8, 4) is 11.3 Å². The third-order valence-electron chi connectivity index (χ3n) is 3.63. The molecule has 0 saturated carbocycles. The van der Waals surface area contributed by atoms with E-state index >= 15 is 0 Å². The number of hydrogen-bond acceptors (Lipinski definition) is 3. The highest BCUT2D eigenvalue weighted by atomic mass is 15.2. The molecule has 0 atom stereocenters. The van der Waals surface area contributed by atoms with Gasteiger partial charge >= 0.3 is 0 Å². The van der Waals surface area contributed by atoms with Gasteiger partial charge in [0.25, 0.3) is 0 Å². The lowest BCUT2D eigenvalue weighted by Crippen LogP contribution is -2.03. The SMILES string of the molecule is Cc1ccc2[nH]ncc2c1-c1n[nH]c2c1CNC2. The molecule has 2 aromatic heterocycles. The highest BCUT2D eigenvalue weighted by Crippen LogP contribution is 2.34. The molecule has 1 aromatic carbocycles. The van der Waals surface area contributed by atoms with Crippen LogP contribution in [-0.2, 0) is 13.1 Å². The minimum atomic E-state index is 0.878. The summed E-state index contributed by atoms with van der Waals surface area (Å²) in [4.78, 5) is 0. The van der Waals surface area contributed by atoms with Crippen molar-refractivity contribution in [3.05, 3.63) is 35.2 Å². The van der Waals surface area contributed by atoms with Crippen LogP contribution < -0.4 is 5.32 Å². The van der Waals surface area contributed by atoms with Gasteiger partial charge in [-0.1, -0.05) is 6.07 Å². The van der Waals surface area contributed by atoms with Crippen molar-refractivity contribution in [1.82, 2.24) is 25.7 Å². The Morgan fingerprint density at radius 3 is 3.06 bits per heavy atom. The fraction of sp³-hybridized carbons (Fsp3) is 0.231. The Hall–Kier alpha value is -2.14. The lowest BCUT2D eigenvalue weighted by atomic mass is 9.98. The summed E-state index contributed by atoms with van der Waals surface area (Å²) in [5.41, 5.74) is 7.00. The van der Waals surface area contributed by atoms with Gasteiger partial charge in [-0.2, -0.15) is 10.2 Å². The molecule has 5 nitrogen and oxygen atoms in total. The lowest BCUT2D eigenvalue weighted by Gasteiger charge is -2.06. The third kappa shape index (κ3) is 1.19. The Morgan fingerprint density at radius 1 is 1.17 bits per heavy atom. The van der Waals surface area contributed by atoms with Crippen LogP contribution in [0.3, 0.4) is 0 Å². The summed E-state index contributed by atoms with van der Waals surface area (Å²) in [6, 6.07) is 4.17. The summed E-state index contributed by atoms with van der Waals surface area (Å²) < 4.78 is 0. The maximum Gasteiger partial charge on any atom is 0.0979 e. The van der Waals surface area contributed by atoms with Crippen LogP contribution in [0.2, 0.25) is 0 Å². The van der Waals surface area contributed by atoms with Crippen molar-refractivity contribution in [3.63, 3.8) is 0 Å². The summed E-state index contributed by atoms with van der Waals surface area (Å²) in [5.74, 6) is 0. The highest BCUT2D eigenvalue weighted by Gasteiger charge is 2.21. The van der Waals surface area contributed by atoms with Crippen molar-refractivity contribution in [2.24, 2.45) is 0 Å². The Morgan fingerprint density at radius 2 is 2.11 bits per heavy atom. The van der Waals surface area contributed by atoms with Crippen LogP contribution >= 0.6 is 0 Å². The molecule has 0 unspecified atom stereocenters. The fourth-order valence-corrected chi connectivity index (χ4v) is 2.70. The summed E-state index contributed by atoms with van der Waals surface area (Å²) >= 11 is 0. The van der Waals surface area contributed by atoms with E-state index < -0.39 is 0 Å². The number of nitrogens with zero attached hydrogens (tertiary/aromatic N) is 2. The molecule has 3 N–H and O–H groups in total. The second-order valence-electron chi connectivity index (χ2n) is 4.72. The molecule has 3 heterocycles. The number of aromatic amines is 2. The number of aryl methyl sites for hydroxylation is 1. The van der Waals surface area contributed by atoms with E-state index in [1.165, 1.54) is 22.4 Å². The van der Waals surface area contributed by atoms with Gasteiger partial charge in [0.1, 0.15) is 0 Å². The molecule has 1 aliphatic heterocycles. The van der Waals surface area contributed by atoms with E-state index in [2.05, 4.69) is 44.8 Å². The molecule has 3 aromatic rings. The van der Waals surface area contributed by atoms with Gasteiger partial charge in [0, 0.05) is 29.6 Å². The third-order valence-corrected chi connectivity index (χ3v) is 3.63. The first-order valence-electron chi connectivity index (χ1n) is 6.04. The first-order valence-corrected chi connectivity index (χ1v) is 6.04. The second kappa shape index (κ2) is 3.43. The standard InChI is InChI=1S/C13H13N5/c1-7-2-3-10-8(5-15-16-10)12(7)13-9-4-14-6-11(9)17-18-13/h2-3,5,14H,4,6H2,1H3,(H,15,16)(H,17,18). The zero-order chi connectivity index (χ0) is 12.1. The number of fused-ring (bicyclic) bond motifs is 2. The molecule has 0 aliphatic carbocycles. The normalized spacial score (nSPS) is 14.3. The number of rotatable bonds is 1. The molecule has 4 rings (SSSR count). The molecule has 0 bridgehead atoms. The molecule has 90 valence electrons. The number of aromatic nitrogens is 4. The van der Waals surface area contributed by atoms with Gasteiger partial charge in [0.05, 0.1) is 23.1 Å². The highest BCUT2D eigenvalue weighted by molar-refractivity contribution is 5.95. The fourth-order valence-electron chi connectivity index (χ4n) is 2.70. The molecule has 0 fully saturated rings. The average molecular weight is 239 g/mol. The van der Waals surface area contributed by atoms with Crippen molar-refractivity contribution >= 4 is 10.9 Å². The lowest BCUT2D eigenvalue weighted by molar-refractivity contribution is 0.743. The molecular weight excluding hydrogens is 226 g/mol. The molecular formula is C13H13N5. The minimum Gasteiger partial charge on any atom is -0.307 e. The van der Waals surface area contributed by atoms with Crippen LogP contribution in [0, 0.1) is 6.92 Å². The van der Waals surface area contributed by atoms with Crippen molar-refractivity contribution in [1.29, 1.82) is 0 Å². The molecule has 0 amide bonds. The van der Waals surface area contributed by atoms with Crippen LogP contribution in [0.25, 0.3) is 22.2 Å². The van der Waals surface area contributed by atoms with Gasteiger partial charge in [-0.25, -0.2) is 0 Å². The smallest absolute Gasteiger partial charge is 0.0979 e. The molecule has 18 heavy (non-hydrogen) atoms. The Labute approximate surface area is 104 Å². The largest absolute Gasteiger partial charge is 0.307 e. The minimum absolute atomic E-state index is 0.878. The first kappa shape index (κ1) is 9.85. The quantitative estimate of drug-likeness (QED) is 0.607. The zero-order valence-corrected chi connectivity index (χ0v) is 10.0. The Kier molecular flexibility index (Phi) is 1.87. The van der Waals surface area contributed by atoms with E-state index in [9.17, 15) is 0 Å². The number of nitrogens with one attached hydrogen (secondary N) is 3. The van der Waals surface area contributed by atoms with Crippen LogP contribution in [0.4, 0.5) is 0 Å². The van der Waals surface area contributed by atoms with Gasteiger partial charge < -0.3 is 5.32 Å². The van der Waals surface area contributed by atoms with E-state index in [0.717, 1.165) is 29.7 Å². The molecule has 0 saturated heterocycles. The van der Waals surface area contributed by atoms with Crippen LogP contribution in [0.15, 0.2) is 18.3 Å². The van der Waals surface area contributed by atoms with Crippen LogP contribution in [0.1, 0.15) is 16.8 Å². The van der Waals surface area contributed by atoms with E-state index in [1.54, 1.807) is 0 Å². The van der Waals surface area contributed by atoms with Gasteiger partial charge in [-0.15, -0.1) is 0 Å². The predicted octanol–water partition coefficient (Wildman–Crippen LogP) is 1.86. The summed E-state index contributed by atoms with van der Waals surface area (Å²) in [6.07, 6.45) is 1.88. The second-order valence-corrected chi connectivity index (χ2v) is 4.72. The van der Waals surface area contributed by atoms with E-state index in [-0.39, 0.29) is 0 Å². The Balaban J connectivity index is 2.06. The van der Waals surface area contributed by atoms with Crippen LogP contribution in [-0.4, -0.2) is 20.4 Å². The van der Waals surface area contributed by atoms with Crippen LogP contribution in [0.5, 0.6) is 0 Å². The molecule has 0 spiro atoms. The monoisotopic (exact) mass is 239 g/mol. The summed E-state index contributed by atoms with van der Waals surface area (Å²) in [7, 11) is 0. The summed E-state index contributed by atoms with van der Waals surface area (Å²) in [5, 5.41) is 19.2. The topological polar surface area (TPSA) is 69.4 Å². The summed E-state index contributed by atoms with van der Waals surface area (Å²) in [6.45, 7) is 3.88. The number of H-pyrrole nitrogens is 2. The van der Waals surface area contributed by atoms with Gasteiger partial charge in [-0.05, 0) is 18.6 Å². The average Bonchev–Trinajstić information content (AvgIpc) is 3.03. The maximum absolute atomic E-state index is 4.49. The van der Waals surface area contributed by atoms with Gasteiger partial charge in [-0.3, -0.25) is 10.2 Å². The van der Waals surface area contributed by atoms with Crippen molar-refractivity contribution in [2.75, 3.05) is 0 Å². The molecule has 1 aliphatic rings. The zero-order valence-electron chi connectivity index (χ0n) is 10.0. The number of benzene rings is 1. The first-order chi connectivity index (χ1) is 8.84. The van der Waals surface area contributed by atoms with E-state index in [4.69, 9.17) is 0 Å². The van der Waals surface area contributed by atoms with E-state index in [0.29, 0.717) is 0 Å². The number of hydrogen-bond donors (Lipinski definition) is 3. The van der Waals surface area contributed by atoms with Gasteiger partial charge in [0.15, 0.2) is 0 Å². The Bertz CT molecular complexity index is 737. The van der Waals surface area contributed by atoms with E-state index in [1.807, 2.05) is 6.20 Å². The predicted molar refractivity (Wildman–Crippen MR) is 69.0 cm³/mol.